The van der Waals surface area contributed by atoms with Crippen molar-refractivity contribution in [2.24, 2.45) is 11.8 Å². The fourth-order valence-corrected chi connectivity index (χ4v) is 1.84. The maximum absolute atomic E-state index is 10.8. The van der Waals surface area contributed by atoms with E-state index in [0.29, 0.717) is 11.8 Å². The van der Waals surface area contributed by atoms with E-state index in [2.05, 4.69) is 26.0 Å². The summed E-state index contributed by atoms with van der Waals surface area (Å²) >= 11 is 0. The summed E-state index contributed by atoms with van der Waals surface area (Å²) in [5.74, 6) is 1.40. The van der Waals surface area contributed by atoms with Crippen LogP contribution in [0.25, 0.3) is 0 Å². The van der Waals surface area contributed by atoms with Gasteiger partial charge in [-0.2, -0.15) is 0 Å². The van der Waals surface area contributed by atoms with Gasteiger partial charge in [0.25, 0.3) is 0 Å². The Balaban J connectivity index is 2.57. The smallest absolute Gasteiger partial charge is 0.152 e. The number of allylic oxidation sites excluding steroid dienone is 4. The summed E-state index contributed by atoms with van der Waals surface area (Å²) in [5, 5.41) is 0. The second kappa shape index (κ2) is 4.40. The zero-order valence-corrected chi connectivity index (χ0v) is 8.71. The molecular formula is C12H18O. The Kier molecular flexibility index (Phi) is 3.47. The highest BCUT2D eigenvalue weighted by Gasteiger charge is 2.17. The normalized spacial score (nSPS) is 29.0. The number of hydrogen-bond donors (Lipinski definition) is 0. The molecule has 13 heavy (non-hydrogen) atoms. The average Bonchev–Trinajstić information content (AvgIpc) is 2.02. The third kappa shape index (κ3) is 3.17. The number of carbonyl (C=O) groups is 1. The van der Waals surface area contributed by atoms with Gasteiger partial charge >= 0.3 is 0 Å². The molecular weight excluding hydrogens is 160 g/mol. The molecule has 0 aliphatic heterocycles. The van der Waals surface area contributed by atoms with Gasteiger partial charge in [-0.25, -0.2) is 0 Å². The summed E-state index contributed by atoms with van der Waals surface area (Å²) < 4.78 is 0. The van der Waals surface area contributed by atoms with Crippen molar-refractivity contribution in [1.82, 2.24) is 0 Å². The third-order valence-corrected chi connectivity index (χ3v) is 2.69. The van der Waals surface area contributed by atoms with Crippen molar-refractivity contribution in [3.8, 4) is 0 Å². The van der Waals surface area contributed by atoms with Gasteiger partial charge in [-0.05, 0) is 44.6 Å². The summed E-state index contributed by atoms with van der Waals surface area (Å²) in [6.45, 7) is 6.04. The molecule has 0 spiro atoms. The lowest BCUT2D eigenvalue weighted by Gasteiger charge is -2.24. The van der Waals surface area contributed by atoms with Crippen LogP contribution in [0.4, 0.5) is 0 Å². The van der Waals surface area contributed by atoms with E-state index in [-0.39, 0.29) is 5.78 Å². The molecule has 0 fully saturated rings. The molecule has 0 amide bonds. The molecule has 2 atom stereocenters. The Morgan fingerprint density at radius 3 is 2.85 bits per heavy atom. The SMILES string of the molecule is CC(=O)/C=C/[C@H]1CC=C(C)C[C@H]1C. The van der Waals surface area contributed by atoms with Gasteiger partial charge < -0.3 is 0 Å². The van der Waals surface area contributed by atoms with Crippen molar-refractivity contribution in [3.05, 3.63) is 23.8 Å². The van der Waals surface area contributed by atoms with Crippen molar-refractivity contribution in [3.63, 3.8) is 0 Å². The summed E-state index contributed by atoms with van der Waals surface area (Å²) in [6.07, 6.45) is 8.32. The molecule has 0 unspecified atom stereocenters. The minimum absolute atomic E-state index is 0.151. The molecule has 0 N–H and O–H groups in total. The Morgan fingerprint density at radius 1 is 1.62 bits per heavy atom. The second-order valence-corrected chi connectivity index (χ2v) is 4.10. The summed E-state index contributed by atoms with van der Waals surface area (Å²) in [6, 6.07) is 0. The van der Waals surface area contributed by atoms with Gasteiger partial charge in [-0.15, -0.1) is 0 Å². The van der Waals surface area contributed by atoms with E-state index in [1.54, 1.807) is 13.0 Å². The van der Waals surface area contributed by atoms with E-state index >= 15 is 0 Å². The zero-order valence-electron chi connectivity index (χ0n) is 8.71. The second-order valence-electron chi connectivity index (χ2n) is 4.10. The van der Waals surface area contributed by atoms with E-state index in [4.69, 9.17) is 0 Å². The van der Waals surface area contributed by atoms with Crippen LogP contribution < -0.4 is 0 Å². The van der Waals surface area contributed by atoms with Crippen molar-refractivity contribution < 1.29 is 4.79 Å². The van der Waals surface area contributed by atoms with E-state index in [1.807, 2.05) is 0 Å². The fraction of sp³-hybridized carbons (Fsp3) is 0.583. The van der Waals surface area contributed by atoms with Crippen molar-refractivity contribution >= 4 is 5.78 Å². The number of rotatable bonds is 2. The van der Waals surface area contributed by atoms with Crippen LogP contribution in [0.1, 0.15) is 33.6 Å². The minimum atomic E-state index is 0.151. The molecule has 1 aliphatic carbocycles. The van der Waals surface area contributed by atoms with Crippen LogP contribution in [-0.2, 0) is 4.79 Å². The standard InChI is InChI=1S/C12H18O/c1-9-4-6-12(10(2)8-9)7-5-11(3)13/h4-5,7,10,12H,6,8H2,1-3H3/b7-5+/t10-,12-/m1/s1. The summed E-state index contributed by atoms with van der Waals surface area (Å²) in [5.41, 5.74) is 1.49. The highest BCUT2D eigenvalue weighted by Crippen LogP contribution is 2.29. The molecule has 72 valence electrons. The van der Waals surface area contributed by atoms with Crippen LogP contribution in [0.5, 0.6) is 0 Å². The number of hydrogen-bond acceptors (Lipinski definition) is 1. The lowest BCUT2D eigenvalue weighted by molar-refractivity contribution is -0.112. The lowest BCUT2D eigenvalue weighted by Crippen LogP contribution is -2.13. The topological polar surface area (TPSA) is 17.1 Å². The molecule has 1 nitrogen and oxygen atoms in total. The van der Waals surface area contributed by atoms with Crippen molar-refractivity contribution in [2.75, 3.05) is 0 Å². The van der Waals surface area contributed by atoms with Crippen molar-refractivity contribution in [1.29, 1.82) is 0 Å². The van der Waals surface area contributed by atoms with Crippen LogP contribution >= 0.6 is 0 Å². The van der Waals surface area contributed by atoms with Crippen LogP contribution in [0.15, 0.2) is 23.8 Å². The predicted octanol–water partition coefficient (Wildman–Crippen LogP) is 3.12. The number of carbonyl (C=O) groups excluding carboxylic acids is 1. The van der Waals surface area contributed by atoms with E-state index < -0.39 is 0 Å². The van der Waals surface area contributed by atoms with Gasteiger partial charge in [0, 0.05) is 0 Å². The first-order valence-electron chi connectivity index (χ1n) is 4.94. The molecule has 1 heteroatoms. The van der Waals surface area contributed by atoms with Gasteiger partial charge in [0.05, 0.1) is 0 Å². The van der Waals surface area contributed by atoms with Gasteiger partial charge in [-0.3, -0.25) is 4.79 Å². The third-order valence-electron chi connectivity index (χ3n) is 2.69. The van der Waals surface area contributed by atoms with Crippen LogP contribution in [0.2, 0.25) is 0 Å². The van der Waals surface area contributed by atoms with Crippen LogP contribution in [0, 0.1) is 11.8 Å². The summed E-state index contributed by atoms with van der Waals surface area (Å²) in [4.78, 5) is 10.8. The minimum Gasteiger partial charge on any atom is -0.295 e. The van der Waals surface area contributed by atoms with E-state index in [9.17, 15) is 4.79 Å². The first kappa shape index (κ1) is 10.2. The van der Waals surface area contributed by atoms with E-state index in [0.717, 1.165) is 6.42 Å². The molecule has 0 heterocycles. The van der Waals surface area contributed by atoms with E-state index in [1.165, 1.54) is 12.0 Å². The van der Waals surface area contributed by atoms with Gasteiger partial charge in [0.1, 0.15) is 0 Å². The Hall–Kier alpha value is -0.850. The highest BCUT2D eigenvalue weighted by molar-refractivity contribution is 5.87. The quantitative estimate of drug-likeness (QED) is 0.469. The van der Waals surface area contributed by atoms with Gasteiger partial charge in [-0.1, -0.05) is 24.6 Å². The first-order chi connectivity index (χ1) is 6.09. The Labute approximate surface area is 80.5 Å². The Morgan fingerprint density at radius 2 is 2.31 bits per heavy atom. The number of ketones is 1. The summed E-state index contributed by atoms with van der Waals surface area (Å²) in [7, 11) is 0. The molecule has 1 rings (SSSR count). The molecule has 0 bridgehead atoms. The molecule has 0 radical (unpaired) electrons. The maximum atomic E-state index is 10.8. The molecule has 0 aromatic carbocycles. The van der Waals surface area contributed by atoms with Crippen molar-refractivity contribution in [2.45, 2.75) is 33.6 Å². The Bertz CT molecular complexity index is 248. The molecule has 0 aromatic rings. The highest BCUT2D eigenvalue weighted by atomic mass is 16.1. The molecule has 0 saturated carbocycles. The fourth-order valence-electron chi connectivity index (χ4n) is 1.84. The maximum Gasteiger partial charge on any atom is 0.152 e. The monoisotopic (exact) mass is 178 g/mol. The molecule has 1 aliphatic rings. The zero-order chi connectivity index (χ0) is 9.84. The van der Waals surface area contributed by atoms with Gasteiger partial charge in [0.2, 0.25) is 0 Å². The lowest BCUT2D eigenvalue weighted by atomic mass is 9.81. The van der Waals surface area contributed by atoms with Crippen LogP contribution in [0.3, 0.4) is 0 Å². The first-order valence-corrected chi connectivity index (χ1v) is 4.94. The molecule has 0 saturated heterocycles. The largest absolute Gasteiger partial charge is 0.295 e. The van der Waals surface area contributed by atoms with Gasteiger partial charge in [0.15, 0.2) is 5.78 Å². The predicted molar refractivity (Wildman–Crippen MR) is 55.5 cm³/mol. The molecule has 0 aromatic heterocycles. The average molecular weight is 178 g/mol. The van der Waals surface area contributed by atoms with Crippen LogP contribution in [-0.4, -0.2) is 5.78 Å².